The summed E-state index contributed by atoms with van der Waals surface area (Å²) in [5.41, 5.74) is 3.40. The van der Waals surface area contributed by atoms with Gasteiger partial charge in [0, 0.05) is 56.6 Å². The van der Waals surface area contributed by atoms with Crippen LogP contribution in [0.3, 0.4) is 0 Å². The first-order chi connectivity index (χ1) is 12.3. The summed E-state index contributed by atoms with van der Waals surface area (Å²) in [6.45, 7) is 7.72. The molecule has 0 aliphatic carbocycles. The van der Waals surface area contributed by atoms with Crippen LogP contribution < -0.4 is 9.80 Å². The summed E-state index contributed by atoms with van der Waals surface area (Å²) in [7, 11) is 2.18. The highest BCUT2D eigenvalue weighted by molar-refractivity contribution is 5.65. The Balaban J connectivity index is 1.50. The van der Waals surface area contributed by atoms with Gasteiger partial charge >= 0.3 is 0 Å². The zero-order valence-corrected chi connectivity index (χ0v) is 14.8. The van der Waals surface area contributed by atoms with Crippen molar-refractivity contribution in [1.29, 1.82) is 0 Å². The van der Waals surface area contributed by atoms with E-state index in [0.717, 1.165) is 69.6 Å². The zero-order chi connectivity index (χ0) is 17.1. The summed E-state index contributed by atoms with van der Waals surface area (Å²) in [6.07, 6.45) is 1.66. The molecule has 4 rings (SSSR count). The molecule has 6 nitrogen and oxygen atoms in total. The van der Waals surface area contributed by atoms with Gasteiger partial charge in [-0.25, -0.2) is 9.97 Å². The summed E-state index contributed by atoms with van der Waals surface area (Å²) in [5.74, 6) is 0.983. The molecule has 0 atom stereocenters. The lowest BCUT2D eigenvalue weighted by Crippen LogP contribution is -2.44. The molecule has 0 N–H and O–H groups in total. The van der Waals surface area contributed by atoms with Gasteiger partial charge in [-0.15, -0.1) is 0 Å². The molecule has 25 heavy (non-hydrogen) atoms. The number of ether oxygens (including phenoxy) is 1. The predicted octanol–water partition coefficient (Wildman–Crippen LogP) is 1.73. The molecule has 0 unspecified atom stereocenters. The summed E-state index contributed by atoms with van der Waals surface area (Å²) >= 11 is 0. The number of benzene rings is 1. The molecule has 0 bridgehead atoms. The summed E-state index contributed by atoms with van der Waals surface area (Å²) in [5, 5.41) is 0. The van der Waals surface area contributed by atoms with Crippen molar-refractivity contribution in [1.82, 2.24) is 14.9 Å². The molecule has 0 saturated carbocycles. The van der Waals surface area contributed by atoms with E-state index >= 15 is 0 Å². The number of hydrogen-bond acceptors (Lipinski definition) is 6. The van der Waals surface area contributed by atoms with Gasteiger partial charge in [0.1, 0.15) is 12.1 Å². The van der Waals surface area contributed by atoms with Crippen LogP contribution in [0.2, 0.25) is 0 Å². The van der Waals surface area contributed by atoms with Gasteiger partial charge in [0.05, 0.1) is 18.9 Å². The predicted molar refractivity (Wildman–Crippen MR) is 100 cm³/mol. The second-order valence-corrected chi connectivity index (χ2v) is 6.70. The number of anilines is 2. The average molecular weight is 339 g/mol. The maximum Gasteiger partial charge on any atom is 0.132 e. The van der Waals surface area contributed by atoms with Crippen LogP contribution in [-0.4, -0.2) is 74.4 Å². The van der Waals surface area contributed by atoms with Gasteiger partial charge in [-0.2, -0.15) is 0 Å². The second-order valence-electron chi connectivity index (χ2n) is 6.70. The fourth-order valence-corrected chi connectivity index (χ4v) is 3.38. The molecule has 1 aromatic carbocycles. The number of rotatable bonds is 3. The normalized spacial score (nSPS) is 19.2. The number of aromatic nitrogens is 2. The highest BCUT2D eigenvalue weighted by Crippen LogP contribution is 2.24. The quantitative estimate of drug-likeness (QED) is 0.849. The van der Waals surface area contributed by atoms with Gasteiger partial charge in [0.25, 0.3) is 0 Å². The molecule has 2 fully saturated rings. The molecule has 132 valence electrons. The standard InChI is InChI=1S/C19H25N5O/c1-22-6-8-23(9-7-22)17-4-2-16(3-5-17)18-14-19(21-15-20-18)24-10-12-25-13-11-24/h2-5,14-15H,6-13H2,1H3. The van der Waals surface area contributed by atoms with Crippen LogP contribution >= 0.6 is 0 Å². The molecular formula is C19H25N5O. The number of piperazine rings is 1. The Kier molecular flexibility index (Phi) is 4.81. The number of morpholine rings is 1. The van der Waals surface area contributed by atoms with Crippen LogP contribution in [0.5, 0.6) is 0 Å². The van der Waals surface area contributed by atoms with E-state index in [-0.39, 0.29) is 0 Å². The monoisotopic (exact) mass is 339 g/mol. The Morgan fingerprint density at radius 1 is 0.840 bits per heavy atom. The topological polar surface area (TPSA) is 44.7 Å². The van der Waals surface area contributed by atoms with E-state index < -0.39 is 0 Å². The molecule has 2 saturated heterocycles. The Morgan fingerprint density at radius 3 is 2.28 bits per heavy atom. The van der Waals surface area contributed by atoms with Crippen LogP contribution in [0, 0.1) is 0 Å². The Hall–Kier alpha value is -2.18. The summed E-state index contributed by atoms with van der Waals surface area (Å²) in [6, 6.07) is 10.8. The minimum atomic E-state index is 0.763. The third-order valence-corrected chi connectivity index (χ3v) is 5.02. The molecule has 2 aromatic rings. The average Bonchev–Trinajstić information content (AvgIpc) is 2.70. The van der Waals surface area contributed by atoms with Gasteiger partial charge < -0.3 is 19.4 Å². The Labute approximate surface area is 149 Å². The molecule has 0 radical (unpaired) electrons. The van der Waals surface area contributed by atoms with Crippen molar-refractivity contribution in [3.05, 3.63) is 36.7 Å². The minimum absolute atomic E-state index is 0.763. The third-order valence-electron chi connectivity index (χ3n) is 5.02. The lowest BCUT2D eigenvalue weighted by Gasteiger charge is -2.34. The first kappa shape index (κ1) is 16.3. The van der Waals surface area contributed by atoms with Crippen molar-refractivity contribution >= 4 is 11.5 Å². The molecule has 0 amide bonds. The van der Waals surface area contributed by atoms with E-state index in [1.54, 1.807) is 6.33 Å². The van der Waals surface area contributed by atoms with Crippen LogP contribution in [0.4, 0.5) is 11.5 Å². The molecule has 1 aromatic heterocycles. The number of hydrogen-bond donors (Lipinski definition) is 0. The minimum Gasteiger partial charge on any atom is -0.378 e. The lowest BCUT2D eigenvalue weighted by molar-refractivity contribution is 0.122. The largest absolute Gasteiger partial charge is 0.378 e. The van der Waals surface area contributed by atoms with Gasteiger partial charge in [0.15, 0.2) is 0 Å². The van der Waals surface area contributed by atoms with Crippen molar-refractivity contribution in [3.63, 3.8) is 0 Å². The van der Waals surface area contributed by atoms with E-state index in [9.17, 15) is 0 Å². The highest BCUT2D eigenvalue weighted by Gasteiger charge is 2.15. The van der Waals surface area contributed by atoms with Crippen molar-refractivity contribution in [2.24, 2.45) is 0 Å². The Bertz CT molecular complexity index is 691. The van der Waals surface area contributed by atoms with Crippen molar-refractivity contribution in [2.75, 3.05) is 69.3 Å². The molecule has 0 spiro atoms. The van der Waals surface area contributed by atoms with Crippen molar-refractivity contribution < 1.29 is 4.74 Å². The van der Waals surface area contributed by atoms with Gasteiger partial charge in [0.2, 0.25) is 0 Å². The summed E-state index contributed by atoms with van der Waals surface area (Å²) in [4.78, 5) is 16.0. The van der Waals surface area contributed by atoms with Crippen molar-refractivity contribution in [2.45, 2.75) is 0 Å². The zero-order valence-electron chi connectivity index (χ0n) is 14.8. The van der Waals surface area contributed by atoms with E-state index in [1.807, 2.05) is 0 Å². The Morgan fingerprint density at radius 2 is 1.56 bits per heavy atom. The summed E-state index contributed by atoms with van der Waals surface area (Å²) < 4.78 is 5.42. The lowest BCUT2D eigenvalue weighted by atomic mass is 10.1. The van der Waals surface area contributed by atoms with Crippen molar-refractivity contribution in [3.8, 4) is 11.3 Å². The van der Waals surface area contributed by atoms with Gasteiger partial charge in [-0.3, -0.25) is 0 Å². The van der Waals surface area contributed by atoms with Gasteiger partial charge in [-0.1, -0.05) is 12.1 Å². The molecular weight excluding hydrogens is 314 g/mol. The van der Waals surface area contributed by atoms with Crippen LogP contribution in [0.1, 0.15) is 0 Å². The first-order valence-electron chi connectivity index (χ1n) is 8.98. The highest BCUT2D eigenvalue weighted by atomic mass is 16.5. The maximum atomic E-state index is 5.42. The van der Waals surface area contributed by atoms with E-state index in [0.29, 0.717) is 0 Å². The maximum absolute atomic E-state index is 5.42. The fourth-order valence-electron chi connectivity index (χ4n) is 3.38. The smallest absolute Gasteiger partial charge is 0.132 e. The molecule has 6 heteroatoms. The third kappa shape index (κ3) is 3.75. The SMILES string of the molecule is CN1CCN(c2ccc(-c3cc(N4CCOCC4)ncn3)cc2)CC1. The van der Waals surface area contributed by atoms with Gasteiger partial charge in [-0.05, 0) is 19.2 Å². The van der Waals surface area contributed by atoms with Crippen LogP contribution in [0.25, 0.3) is 11.3 Å². The van der Waals surface area contributed by atoms with E-state index in [1.165, 1.54) is 5.69 Å². The van der Waals surface area contributed by atoms with Crippen LogP contribution in [-0.2, 0) is 4.74 Å². The van der Waals surface area contributed by atoms with E-state index in [2.05, 4.69) is 62.0 Å². The number of nitrogens with zero attached hydrogens (tertiary/aromatic N) is 5. The second kappa shape index (κ2) is 7.37. The van der Waals surface area contributed by atoms with Crippen LogP contribution in [0.15, 0.2) is 36.7 Å². The van der Waals surface area contributed by atoms with E-state index in [4.69, 9.17) is 4.74 Å². The molecule has 2 aliphatic rings. The molecule has 2 aliphatic heterocycles. The molecule has 3 heterocycles. The fraction of sp³-hybridized carbons (Fsp3) is 0.474. The first-order valence-corrected chi connectivity index (χ1v) is 8.98. The number of likely N-dealkylation sites (N-methyl/N-ethyl adjacent to an activating group) is 1.